The lowest BCUT2D eigenvalue weighted by Gasteiger charge is -2.31. The molecule has 0 amide bonds. The molecule has 24 rings (SSSR count). The Labute approximate surface area is 870 Å². The molecule has 6 heteroatoms. The van der Waals surface area contributed by atoms with Gasteiger partial charge in [-0.05, 0) is 312 Å². The second kappa shape index (κ2) is 43.6. The molecule has 6 nitrogen and oxygen atoms in total. The molecule has 0 bridgehead atoms. The molecule has 0 saturated heterocycles. The van der Waals surface area contributed by atoms with Gasteiger partial charge in [0.1, 0.15) is 0 Å². The van der Waals surface area contributed by atoms with Gasteiger partial charge in [-0.25, -0.2) is 0 Å². The van der Waals surface area contributed by atoms with Crippen LogP contribution < -0.4 is 29.4 Å². The zero-order valence-electron chi connectivity index (χ0n) is 84.6. The van der Waals surface area contributed by atoms with Gasteiger partial charge in [0.05, 0.1) is 22.7 Å². The topological polar surface area (TPSA) is 19.4 Å². The molecular weight excluding hydrogens is 1790 g/mol. The number of rotatable bonds is 26. The number of hydrogen-bond donors (Lipinski definition) is 0. The molecule has 24 aromatic carbocycles. The first-order chi connectivity index (χ1) is 73.0. The Bertz CT molecular complexity index is 8560. The van der Waals surface area contributed by atoms with Gasteiger partial charge in [0, 0.05) is 107 Å². The van der Waals surface area contributed by atoms with Crippen LogP contribution in [0.15, 0.2) is 552 Å². The Balaban J connectivity index is 0.000000126. The van der Waals surface area contributed by atoms with Gasteiger partial charge in [-0.3, -0.25) is 0 Å². The van der Waals surface area contributed by atoms with Gasteiger partial charge >= 0.3 is 0 Å². The number of nitrogens with zero attached hydrogens (tertiary/aromatic N) is 6. The first kappa shape index (κ1) is 94.8. The highest BCUT2D eigenvalue weighted by molar-refractivity contribution is 6.22. The van der Waals surface area contributed by atoms with Crippen molar-refractivity contribution in [3.8, 4) is 22.3 Å². The molecule has 0 fully saturated rings. The lowest BCUT2D eigenvalue weighted by molar-refractivity contribution is 0.733. The van der Waals surface area contributed by atoms with E-state index in [4.69, 9.17) is 0 Å². The Morgan fingerprint density at radius 3 is 0.743 bits per heavy atom. The Hall–Kier alpha value is -18.1. The maximum Gasteiger partial charge on any atom is 0.0618 e. The van der Waals surface area contributed by atoms with E-state index in [1.54, 1.807) is 0 Å². The van der Waals surface area contributed by atoms with Crippen LogP contribution in [0, 0.1) is 0 Å². The summed E-state index contributed by atoms with van der Waals surface area (Å²) in [5, 5.41) is 17.2. The van der Waals surface area contributed by atoms with E-state index in [1.807, 2.05) is 0 Å². The third-order valence-electron chi connectivity index (χ3n) is 29.5. The molecule has 3 unspecified atom stereocenters. The van der Waals surface area contributed by atoms with Crippen LogP contribution in [0.3, 0.4) is 0 Å². The second-order valence-corrected chi connectivity index (χ2v) is 38.6. The fourth-order valence-corrected chi connectivity index (χ4v) is 21.1. The molecule has 24 aromatic rings. The summed E-state index contributed by atoms with van der Waals surface area (Å²) in [6.07, 6.45) is 3.37. The first-order valence-corrected chi connectivity index (χ1v) is 52.1. The van der Waals surface area contributed by atoms with Crippen LogP contribution in [0.1, 0.15) is 95.2 Å². The predicted octanol–water partition coefficient (Wildman–Crippen LogP) is 41.8. The van der Waals surface area contributed by atoms with E-state index in [-0.39, 0.29) is 0 Å². The third-order valence-corrected chi connectivity index (χ3v) is 29.5. The summed E-state index contributed by atoms with van der Waals surface area (Å²) in [5.74, 6) is 1.58. The van der Waals surface area contributed by atoms with Gasteiger partial charge in [-0.1, -0.05) is 406 Å². The minimum Gasteiger partial charge on any atom is -0.310 e. The standard InChI is InChI=1S/C52H42N2.C46H38N2.C44H38N2/c1-3-37(2)38-26-29-43(30-27-38)53(46-31-28-39-16-10-11-19-41(39)36-46)44-32-34-45(35-33-44)54(42-20-8-5-9-21-42)52-49-24-14-12-22-47(49)51(40-17-6-4-7-18-40)48-23-13-15-25-50(48)52;1-3-33(2)34-19-23-41(24-20-34)48(46-18-10-16-37-13-8-9-17-45(37)46)42-29-27-40(28-30-42)47(43-25-21-35-11-4-6-14-38(35)31-43)44-26-22-36-12-5-7-15-39(36)32-44;1-3-33(2)34-25-27-38(28-26-34)46(44-24-14-18-36-17-10-11-21-42(36)44)40-31-29-39(30-32-40)45(37-19-8-5-9-20-37)43-23-13-12-22-41(43)35-15-6-4-7-16-35/h4-37H,3H2,1-2H3;4-33H,3H2,1-2H3;4-33H,3H2,1-2H3. The summed E-state index contributed by atoms with van der Waals surface area (Å²) in [7, 11) is 0. The van der Waals surface area contributed by atoms with E-state index in [2.05, 4.69) is 623 Å². The quantitative estimate of drug-likeness (QED) is 0.0500. The predicted molar refractivity (Wildman–Crippen MR) is 637 cm³/mol. The van der Waals surface area contributed by atoms with Gasteiger partial charge in [-0.15, -0.1) is 0 Å². The molecule has 0 aliphatic carbocycles. The Morgan fingerprint density at radius 2 is 0.385 bits per heavy atom. The summed E-state index contributed by atoms with van der Waals surface area (Å²) in [6, 6.07) is 200. The number of anilines is 18. The molecule has 0 aliphatic heterocycles. The fraction of sp³-hybridized carbons (Fsp3) is 0.0845. The summed E-state index contributed by atoms with van der Waals surface area (Å²) in [6.45, 7) is 13.7. The van der Waals surface area contributed by atoms with Crippen molar-refractivity contribution in [2.75, 3.05) is 29.4 Å². The van der Waals surface area contributed by atoms with Crippen LogP contribution >= 0.6 is 0 Å². The van der Waals surface area contributed by atoms with Crippen LogP contribution in [0.25, 0.3) is 97.7 Å². The molecule has 0 heterocycles. The minimum atomic E-state index is 0.519. The van der Waals surface area contributed by atoms with Crippen molar-refractivity contribution in [3.63, 3.8) is 0 Å². The first-order valence-electron chi connectivity index (χ1n) is 52.1. The SMILES string of the molecule is CCC(C)c1ccc(N(c2ccc(N(c3ccc4ccccc4c3)c3ccc4ccccc4c3)cc2)c2cccc3ccccc23)cc1.CCC(C)c1ccc(N(c2ccc(N(c3ccccc3)c3c4ccccc4c(-c4ccccc4)c4ccccc34)cc2)c2ccc3ccccc3c2)cc1.CCC(C)c1ccc(N(c2ccc(N(c3ccccc3)c3ccccc3-c3ccccc3)cc2)c2cccc3ccccc23)cc1. The lowest BCUT2D eigenvalue weighted by Crippen LogP contribution is -2.13. The average Bonchev–Trinajstić information content (AvgIpc) is 0.727. The van der Waals surface area contributed by atoms with E-state index in [9.17, 15) is 0 Å². The highest BCUT2D eigenvalue weighted by atomic mass is 15.2. The number of benzene rings is 24. The normalized spacial score (nSPS) is 11.9. The van der Waals surface area contributed by atoms with Gasteiger partial charge in [-0.2, -0.15) is 0 Å². The Kier molecular flexibility index (Phi) is 27.9. The molecule has 0 spiro atoms. The molecular formula is C142H118N6. The van der Waals surface area contributed by atoms with Crippen molar-refractivity contribution in [2.45, 2.75) is 78.6 Å². The van der Waals surface area contributed by atoms with E-state index in [0.29, 0.717) is 17.8 Å². The monoisotopic (exact) mass is 1910 g/mol. The molecule has 0 saturated carbocycles. The molecule has 148 heavy (non-hydrogen) atoms. The highest BCUT2D eigenvalue weighted by Crippen LogP contribution is 2.52. The highest BCUT2D eigenvalue weighted by Gasteiger charge is 2.28. The molecule has 716 valence electrons. The summed E-state index contributed by atoms with van der Waals surface area (Å²) in [4.78, 5) is 14.3. The van der Waals surface area contributed by atoms with Gasteiger partial charge in [0.2, 0.25) is 0 Å². The number of fused-ring (bicyclic) bond motifs is 7. The summed E-state index contributed by atoms with van der Waals surface area (Å²) < 4.78 is 0. The van der Waals surface area contributed by atoms with Gasteiger partial charge in [0.25, 0.3) is 0 Å². The maximum absolute atomic E-state index is 2.44. The summed E-state index contributed by atoms with van der Waals surface area (Å²) >= 11 is 0. The second-order valence-electron chi connectivity index (χ2n) is 38.6. The molecule has 0 radical (unpaired) electrons. The zero-order valence-corrected chi connectivity index (χ0v) is 84.6. The van der Waals surface area contributed by atoms with Gasteiger partial charge < -0.3 is 29.4 Å². The average molecular weight is 1910 g/mol. The van der Waals surface area contributed by atoms with Gasteiger partial charge in [0.15, 0.2) is 0 Å². The van der Waals surface area contributed by atoms with E-state index >= 15 is 0 Å². The molecule has 0 aromatic heterocycles. The third kappa shape index (κ3) is 19.8. The Morgan fingerprint density at radius 1 is 0.155 bits per heavy atom. The number of hydrogen-bond acceptors (Lipinski definition) is 6. The van der Waals surface area contributed by atoms with Crippen molar-refractivity contribution in [3.05, 3.63) is 569 Å². The molecule has 0 aliphatic rings. The van der Waals surface area contributed by atoms with Crippen molar-refractivity contribution in [2.24, 2.45) is 0 Å². The van der Waals surface area contributed by atoms with Crippen molar-refractivity contribution < 1.29 is 0 Å². The molecule has 0 N–H and O–H groups in total. The van der Waals surface area contributed by atoms with E-state index in [0.717, 1.165) is 116 Å². The van der Waals surface area contributed by atoms with E-state index < -0.39 is 0 Å². The van der Waals surface area contributed by atoms with Crippen molar-refractivity contribution in [1.29, 1.82) is 0 Å². The van der Waals surface area contributed by atoms with Crippen LogP contribution in [0.2, 0.25) is 0 Å². The van der Waals surface area contributed by atoms with E-state index in [1.165, 1.54) is 120 Å². The molecule has 3 atom stereocenters. The summed E-state index contributed by atoms with van der Waals surface area (Å²) in [5.41, 5.74) is 29.3. The lowest BCUT2D eigenvalue weighted by atomic mass is 9.90. The van der Waals surface area contributed by atoms with Crippen LogP contribution in [-0.4, -0.2) is 0 Å². The van der Waals surface area contributed by atoms with Crippen LogP contribution in [0.4, 0.5) is 102 Å². The number of para-hydroxylation sites is 3. The van der Waals surface area contributed by atoms with Crippen LogP contribution in [0.5, 0.6) is 0 Å². The zero-order chi connectivity index (χ0) is 100. The largest absolute Gasteiger partial charge is 0.310 e. The smallest absolute Gasteiger partial charge is 0.0618 e. The van der Waals surface area contributed by atoms with Crippen molar-refractivity contribution >= 4 is 178 Å². The maximum atomic E-state index is 2.44. The fourth-order valence-electron chi connectivity index (χ4n) is 21.1. The minimum absolute atomic E-state index is 0.519. The van der Waals surface area contributed by atoms with Crippen LogP contribution in [-0.2, 0) is 0 Å². The van der Waals surface area contributed by atoms with Crippen molar-refractivity contribution in [1.82, 2.24) is 0 Å².